The maximum absolute atomic E-state index is 12.1. The van der Waals surface area contributed by atoms with E-state index in [2.05, 4.69) is 0 Å². The number of amides is 1. The minimum atomic E-state index is -0.579. The van der Waals surface area contributed by atoms with Gasteiger partial charge in [0.2, 0.25) is 5.91 Å². The SMILES string of the molecule is Cc1ccc(N2C(=O)[C@@H](N)[C@H]2c2ccc(Cl)cc2Cl)cc1. The third-order valence-corrected chi connectivity index (χ3v) is 4.30. The molecule has 1 heterocycles. The summed E-state index contributed by atoms with van der Waals surface area (Å²) in [6.45, 7) is 2.00. The molecule has 0 spiro atoms. The summed E-state index contributed by atoms with van der Waals surface area (Å²) in [5, 5.41) is 1.08. The van der Waals surface area contributed by atoms with Gasteiger partial charge in [0.25, 0.3) is 0 Å². The van der Waals surface area contributed by atoms with E-state index < -0.39 is 6.04 Å². The van der Waals surface area contributed by atoms with Crippen molar-refractivity contribution < 1.29 is 4.79 Å². The summed E-state index contributed by atoms with van der Waals surface area (Å²) in [4.78, 5) is 13.8. The molecule has 0 unspecified atom stereocenters. The molecule has 2 aromatic rings. The zero-order valence-corrected chi connectivity index (χ0v) is 12.9. The van der Waals surface area contributed by atoms with Crippen LogP contribution in [0.2, 0.25) is 10.0 Å². The molecule has 3 nitrogen and oxygen atoms in total. The van der Waals surface area contributed by atoms with Gasteiger partial charge >= 0.3 is 0 Å². The van der Waals surface area contributed by atoms with Crippen molar-refractivity contribution in [2.24, 2.45) is 5.73 Å². The van der Waals surface area contributed by atoms with Gasteiger partial charge in [-0.2, -0.15) is 0 Å². The van der Waals surface area contributed by atoms with Crippen LogP contribution in [0.15, 0.2) is 42.5 Å². The average molecular weight is 321 g/mol. The maximum Gasteiger partial charge on any atom is 0.247 e. The Kier molecular flexibility index (Phi) is 3.66. The van der Waals surface area contributed by atoms with E-state index in [-0.39, 0.29) is 11.9 Å². The zero-order chi connectivity index (χ0) is 15.1. The average Bonchev–Trinajstić information content (AvgIpc) is 2.46. The number of hydrogen-bond acceptors (Lipinski definition) is 2. The Bertz CT molecular complexity index is 700. The van der Waals surface area contributed by atoms with Crippen LogP contribution in [0.5, 0.6) is 0 Å². The van der Waals surface area contributed by atoms with Crippen LogP contribution in [0.1, 0.15) is 17.2 Å². The van der Waals surface area contributed by atoms with E-state index in [1.54, 1.807) is 17.0 Å². The highest BCUT2D eigenvalue weighted by atomic mass is 35.5. The van der Waals surface area contributed by atoms with E-state index in [4.69, 9.17) is 28.9 Å². The standard InChI is InChI=1S/C16H14Cl2N2O/c1-9-2-5-11(6-3-9)20-15(14(19)16(20)21)12-7-4-10(17)8-13(12)18/h2-8,14-15H,19H2,1H3/t14-,15+/m0/s1. The van der Waals surface area contributed by atoms with Crippen molar-refractivity contribution in [3.8, 4) is 0 Å². The van der Waals surface area contributed by atoms with Crippen LogP contribution in [0.4, 0.5) is 5.69 Å². The largest absolute Gasteiger partial charge is 0.318 e. The smallest absolute Gasteiger partial charge is 0.247 e. The third-order valence-electron chi connectivity index (χ3n) is 3.73. The molecule has 2 atom stereocenters. The van der Waals surface area contributed by atoms with Crippen molar-refractivity contribution in [1.82, 2.24) is 0 Å². The lowest BCUT2D eigenvalue weighted by atomic mass is 9.88. The summed E-state index contributed by atoms with van der Waals surface area (Å²) in [6, 6.07) is 12.2. The molecule has 1 saturated heterocycles. The molecule has 0 radical (unpaired) electrons. The number of hydrogen-bond donors (Lipinski definition) is 1. The van der Waals surface area contributed by atoms with Crippen LogP contribution in [0.3, 0.4) is 0 Å². The summed E-state index contributed by atoms with van der Waals surface area (Å²) >= 11 is 12.2. The van der Waals surface area contributed by atoms with Crippen molar-refractivity contribution in [3.05, 3.63) is 63.6 Å². The Balaban J connectivity index is 2.00. The highest BCUT2D eigenvalue weighted by Crippen LogP contribution is 2.41. The summed E-state index contributed by atoms with van der Waals surface area (Å²) in [7, 11) is 0. The second kappa shape index (κ2) is 5.34. The minimum absolute atomic E-state index is 0.102. The molecule has 1 aliphatic heterocycles. The monoisotopic (exact) mass is 320 g/mol. The van der Waals surface area contributed by atoms with E-state index in [0.29, 0.717) is 10.0 Å². The van der Waals surface area contributed by atoms with Gasteiger partial charge in [-0.15, -0.1) is 0 Å². The van der Waals surface area contributed by atoms with Crippen LogP contribution in [0, 0.1) is 6.92 Å². The van der Waals surface area contributed by atoms with E-state index in [9.17, 15) is 4.79 Å². The molecule has 0 aliphatic carbocycles. The molecule has 0 bridgehead atoms. The van der Waals surface area contributed by atoms with Crippen LogP contribution >= 0.6 is 23.2 Å². The minimum Gasteiger partial charge on any atom is -0.318 e. The maximum atomic E-state index is 12.1. The molecule has 21 heavy (non-hydrogen) atoms. The van der Waals surface area contributed by atoms with Crippen LogP contribution in [0.25, 0.3) is 0 Å². The van der Waals surface area contributed by atoms with E-state index >= 15 is 0 Å². The number of benzene rings is 2. The van der Waals surface area contributed by atoms with Crippen molar-refractivity contribution in [1.29, 1.82) is 0 Å². The number of nitrogens with zero attached hydrogens (tertiary/aromatic N) is 1. The Morgan fingerprint density at radius 3 is 2.38 bits per heavy atom. The molecule has 3 rings (SSSR count). The predicted octanol–water partition coefficient (Wildman–Crippen LogP) is 3.72. The number of halogens is 2. The summed E-state index contributed by atoms with van der Waals surface area (Å²) < 4.78 is 0. The fourth-order valence-corrected chi connectivity index (χ4v) is 3.10. The number of rotatable bonds is 2. The summed E-state index contributed by atoms with van der Waals surface area (Å²) in [5.74, 6) is -0.102. The fraction of sp³-hybridized carbons (Fsp3) is 0.188. The number of carbonyl (C=O) groups is 1. The quantitative estimate of drug-likeness (QED) is 0.857. The van der Waals surface area contributed by atoms with Gasteiger partial charge in [0.15, 0.2) is 0 Å². The van der Waals surface area contributed by atoms with Gasteiger partial charge in [-0.05, 0) is 36.8 Å². The second-order valence-corrected chi connectivity index (χ2v) is 6.02. The lowest BCUT2D eigenvalue weighted by Gasteiger charge is -2.46. The first-order chi connectivity index (χ1) is 9.99. The van der Waals surface area contributed by atoms with Crippen molar-refractivity contribution in [2.75, 3.05) is 4.90 Å². The number of nitrogens with two attached hydrogens (primary N) is 1. The Morgan fingerprint density at radius 1 is 1.10 bits per heavy atom. The molecule has 0 saturated carbocycles. The van der Waals surface area contributed by atoms with Gasteiger partial charge < -0.3 is 10.6 Å². The Hall–Kier alpha value is -1.55. The number of β-lactam (4-membered cyclic amide) rings is 1. The van der Waals surface area contributed by atoms with Crippen LogP contribution in [-0.2, 0) is 4.79 Å². The lowest BCUT2D eigenvalue weighted by molar-refractivity contribution is -0.126. The molecular weight excluding hydrogens is 307 g/mol. The van der Waals surface area contributed by atoms with Gasteiger partial charge in [0.05, 0.1) is 6.04 Å². The number of carbonyl (C=O) groups excluding carboxylic acids is 1. The highest BCUT2D eigenvalue weighted by molar-refractivity contribution is 6.35. The molecule has 108 valence electrons. The van der Waals surface area contributed by atoms with E-state index in [0.717, 1.165) is 16.8 Å². The van der Waals surface area contributed by atoms with Gasteiger partial charge in [-0.25, -0.2) is 0 Å². The first-order valence-corrected chi connectivity index (χ1v) is 7.35. The molecule has 2 N–H and O–H groups in total. The van der Waals surface area contributed by atoms with Crippen molar-refractivity contribution >= 4 is 34.8 Å². The molecule has 2 aromatic carbocycles. The first-order valence-electron chi connectivity index (χ1n) is 6.59. The first kappa shape index (κ1) is 14.4. The molecule has 1 fully saturated rings. The lowest BCUT2D eigenvalue weighted by Crippen LogP contribution is -2.63. The van der Waals surface area contributed by atoms with Gasteiger partial charge in [0, 0.05) is 15.7 Å². The molecular formula is C16H14Cl2N2O. The Morgan fingerprint density at radius 2 is 1.76 bits per heavy atom. The Labute approximate surface area is 133 Å². The van der Waals surface area contributed by atoms with E-state index in [1.807, 2.05) is 37.3 Å². The normalized spacial score (nSPS) is 21.3. The van der Waals surface area contributed by atoms with Gasteiger partial charge in [-0.1, -0.05) is 47.0 Å². The topological polar surface area (TPSA) is 46.3 Å². The van der Waals surface area contributed by atoms with E-state index in [1.165, 1.54) is 0 Å². The summed E-state index contributed by atoms with van der Waals surface area (Å²) in [6.07, 6.45) is 0. The van der Waals surface area contributed by atoms with Crippen molar-refractivity contribution in [3.63, 3.8) is 0 Å². The molecule has 1 aliphatic rings. The second-order valence-electron chi connectivity index (χ2n) is 5.18. The zero-order valence-electron chi connectivity index (χ0n) is 11.4. The van der Waals surface area contributed by atoms with Crippen LogP contribution in [-0.4, -0.2) is 11.9 Å². The number of aryl methyl sites for hydroxylation is 1. The number of anilines is 1. The van der Waals surface area contributed by atoms with Crippen molar-refractivity contribution in [2.45, 2.75) is 19.0 Å². The molecule has 1 amide bonds. The third kappa shape index (κ3) is 2.42. The highest BCUT2D eigenvalue weighted by Gasteiger charge is 2.47. The summed E-state index contributed by atoms with van der Waals surface area (Å²) in [5.41, 5.74) is 8.75. The molecule has 0 aromatic heterocycles. The van der Waals surface area contributed by atoms with Gasteiger partial charge in [0.1, 0.15) is 6.04 Å². The molecule has 5 heteroatoms. The van der Waals surface area contributed by atoms with Gasteiger partial charge in [-0.3, -0.25) is 4.79 Å². The fourth-order valence-electron chi connectivity index (χ4n) is 2.58. The van der Waals surface area contributed by atoms with Crippen LogP contribution < -0.4 is 10.6 Å². The predicted molar refractivity (Wildman–Crippen MR) is 85.8 cm³/mol.